The van der Waals surface area contributed by atoms with Gasteiger partial charge in [-0.1, -0.05) is 11.8 Å². The highest BCUT2D eigenvalue weighted by Crippen LogP contribution is 2.36. The Morgan fingerprint density at radius 1 is 1.10 bits per heavy atom. The molecule has 0 unspecified atom stereocenters. The van der Waals surface area contributed by atoms with Crippen LogP contribution in [0, 0.1) is 20.8 Å². The standard InChI is InChI=1S/C19H23N5O4S2/c1-6-27-16(25)13-12(14(30-15(13)20)17(26)28-7-2)8-29-19-22-18-21-10(4)9(3)11(5)24(18)23-19/h6-8,20H2,1-5H3. The smallest absolute Gasteiger partial charge is 0.348 e. The monoisotopic (exact) mass is 449 g/mol. The number of hydrogen-bond acceptors (Lipinski definition) is 10. The second kappa shape index (κ2) is 9.00. The molecule has 0 aromatic carbocycles. The molecule has 0 aliphatic carbocycles. The number of fused-ring (bicyclic) bond motifs is 1. The van der Waals surface area contributed by atoms with Gasteiger partial charge in [-0.05, 0) is 40.2 Å². The van der Waals surface area contributed by atoms with Crippen LogP contribution < -0.4 is 5.73 Å². The third kappa shape index (κ3) is 4.12. The molecule has 9 nitrogen and oxygen atoms in total. The second-order valence-electron chi connectivity index (χ2n) is 6.39. The number of carbonyl (C=O) groups excluding carboxylic acids is 2. The number of aryl methyl sites for hydroxylation is 2. The van der Waals surface area contributed by atoms with Gasteiger partial charge in [0.1, 0.15) is 9.88 Å². The molecule has 0 saturated heterocycles. The Hall–Kier alpha value is -2.66. The highest BCUT2D eigenvalue weighted by molar-refractivity contribution is 7.98. The first-order valence-corrected chi connectivity index (χ1v) is 11.2. The van der Waals surface area contributed by atoms with E-state index in [1.807, 2.05) is 20.8 Å². The van der Waals surface area contributed by atoms with E-state index in [2.05, 4.69) is 15.1 Å². The molecule has 0 fully saturated rings. The van der Waals surface area contributed by atoms with Crippen LogP contribution in [0.3, 0.4) is 0 Å². The van der Waals surface area contributed by atoms with Crippen LogP contribution in [-0.2, 0) is 15.2 Å². The van der Waals surface area contributed by atoms with Crippen molar-refractivity contribution in [3.63, 3.8) is 0 Å². The number of anilines is 1. The minimum Gasteiger partial charge on any atom is -0.462 e. The number of thioether (sulfide) groups is 1. The van der Waals surface area contributed by atoms with Gasteiger partial charge >= 0.3 is 11.9 Å². The molecular weight excluding hydrogens is 426 g/mol. The van der Waals surface area contributed by atoms with E-state index in [4.69, 9.17) is 15.2 Å². The van der Waals surface area contributed by atoms with Crippen molar-refractivity contribution in [3.8, 4) is 0 Å². The third-order valence-corrected chi connectivity index (χ3v) is 6.47. The van der Waals surface area contributed by atoms with Gasteiger partial charge in [-0.15, -0.1) is 16.4 Å². The Labute approximate surface area is 182 Å². The normalized spacial score (nSPS) is 11.1. The first kappa shape index (κ1) is 22.0. The fourth-order valence-electron chi connectivity index (χ4n) is 2.85. The van der Waals surface area contributed by atoms with Crippen molar-refractivity contribution < 1.29 is 19.1 Å². The van der Waals surface area contributed by atoms with Crippen LogP contribution in [-0.4, -0.2) is 44.7 Å². The number of esters is 2. The lowest BCUT2D eigenvalue weighted by molar-refractivity contribution is 0.0527. The summed E-state index contributed by atoms with van der Waals surface area (Å²) in [5, 5.41) is 5.20. The molecule has 3 rings (SSSR count). The van der Waals surface area contributed by atoms with Gasteiger partial charge < -0.3 is 15.2 Å². The number of aromatic nitrogens is 4. The molecule has 160 valence electrons. The topological polar surface area (TPSA) is 122 Å². The lowest BCUT2D eigenvalue weighted by atomic mass is 10.1. The maximum Gasteiger partial charge on any atom is 0.348 e. The first-order valence-electron chi connectivity index (χ1n) is 9.37. The largest absolute Gasteiger partial charge is 0.462 e. The van der Waals surface area contributed by atoms with Crippen LogP contribution in [0.1, 0.15) is 56.4 Å². The van der Waals surface area contributed by atoms with E-state index in [0.717, 1.165) is 28.3 Å². The predicted molar refractivity (Wildman–Crippen MR) is 115 cm³/mol. The van der Waals surface area contributed by atoms with Crippen molar-refractivity contribution in [2.75, 3.05) is 18.9 Å². The Morgan fingerprint density at radius 2 is 1.77 bits per heavy atom. The summed E-state index contributed by atoms with van der Waals surface area (Å²) in [5.74, 6) is -0.334. The number of ether oxygens (including phenoxy) is 2. The summed E-state index contributed by atoms with van der Waals surface area (Å²) in [6, 6.07) is 0. The molecule has 11 heteroatoms. The molecule has 0 saturated carbocycles. The highest BCUT2D eigenvalue weighted by atomic mass is 32.2. The van der Waals surface area contributed by atoms with Crippen LogP contribution in [0.4, 0.5) is 5.00 Å². The number of nitrogens with zero attached hydrogens (tertiary/aromatic N) is 4. The molecule has 0 atom stereocenters. The van der Waals surface area contributed by atoms with Gasteiger partial charge in [0, 0.05) is 22.7 Å². The van der Waals surface area contributed by atoms with Gasteiger partial charge in [-0.3, -0.25) is 0 Å². The van der Waals surface area contributed by atoms with Gasteiger partial charge in [0.15, 0.2) is 0 Å². The van der Waals surface area contributed by atoms with Gasteiger partial charge in [0.25, 0.3) is 5.78 Å². The Morgan fingerprint density at radius 3 is 2.43 bits per heavy atom. The summed E-state index contributed by atoms with van der Waals surface area (Å²) < 4.78 is 11.9. The number of nitrogen functional groups attached to an aromatic ring is 1. The molecule has 0 amide bonds. The van der Waals surface area contributed by atoms with E-state index in [1.165, 1.54) is 11.8 Å². The van der Waals surface area contributed by atoms with E-state index in [0.29, 0.717) is 16.5 Å². The highest BCUT2D eigenvalue weighted by Gasteiger charge is 2.28. The molecule has 0 bridgehead atoms. The molecule has 3 aromatic heterocycles. The molecule has 0 aliphatic heterocycles. The SMILES string of the molecule is CCOC(=O)c1sc(N)c(C(=O)OCC)c1CSc1nc2nc(C)c(C)c(C)n2n1. The van der Waals surface area contributed by atoms with Crippen molar-refractivity contribution in [2.24, 2.45) is 0 Å². The predicted octanol–water partition coefficient (Wildman–Crippen LogP) is 3.34. The fraction of sp³-hybridized carbons (Fsp3) is 0.421. The van der Waals surface area contributed by atoms with Gasteiger partial charge in [0.2, 0.25) is 5.16 Å². The fourth-order valence-corrected chi connectivity index (χ4v) is 4.75. The molecule has 2 N–H and O–H groups in total. The van der Waals surface area contributed by atoms with Crippen LogP contribution in [0.25, 0.3) is 5.78 Å². The van der Waals surface area contributed by atoms with Gasteiger partial charge in [-0.25, -0.2) is 19.1 Å². The van der Waals surface area contributed by atoms with Crippen LogP contribution in [0.2, 0.25) is 0 Å². The zero-order valence-electron chi connectivity index (χ0n) is 17.4. The van der Waals surface area contributed by atoms with Crippen molar-refractivity contribution >= 4 is 45.8 Å². The van der Waals surface area contributed by atoms with E-state index < -0.39 is 11.9 Å². The minimum absolute atomic E-state index is 0.196. The van der Waals surface area contributed by atoms with E-state index in [1.54, 1.807) is 18.4 Å². The van der Waals surface area contributed by atoms with Crippen molar-refractivity contribution in [3.05, 3.63) is 33.0 Å². The lowest BCUT2D eigenvalue weighted by Crippen LogP contribution is -2.11. The van der Waals surface area contributed by atoms with Crippen molar-refractivity contribution in [2.45, 2.75) is 45.5 Å². The van der Waals surface area contributed by atoms with E-state index >= 15 is 0 Å². The summed E-state index contributed by atoms with van der Waals surface area (Å²) in [7, 11) is 0. The molecule has 3 aromatic rings. The molecule has 0 radical (unpaired) electrons. The van der Waals surface area contributed by atoms with Crippen molar-refractivity contribution in [1.82, 2.24) is 19.6 Å². The molecule has 30 heavy (non-hydrogen) atoms. The van der Waals surface area contributed by atoms with Crippen LogP contribution in [0.5, 0.6) is 0 Å². The number of hydrogen-bond donors (Lipinski definition) is 1. The lowest BCUT2D eigenvalue weighted by Gasteiger charge is -2.06. The average Bonchev–Trinajstić information content (AvgIpc) is 3.25. The maximum absolute atomic E-state index is 12.4. The number of rotatable bonds is 7. The number of nitrogens with two attached hydrogens (primary N) is 1. The maximum atomic E-state index is 12.4. The van der Waals surface area contributed by atoms with Crippen LogP contribution in [0.15, 0.2) is 5.16 Å². The number of thiophene rings is 1. The summed E-state index contributed by atoms with van der Waals surface area (Å²) >= 11 is 2.31. The first-order chi connectivity index (χ1) is 14.3. The Balaban J connectivity index is 1.97. The average molecular weight is 450 g/mol. The summed E-state index contributed by atoms with van der Waals surface area (Å²) in [4.78, 5) is 34.1. The third-order valence-electron chi connectivity index (χ3n) is 4.56. The molecule has 3 heterocycles. The zero-order chi connectivity index (χ0) is 22.0. The van der Waals surface area contributed by atoms with E-state index in [9.17, 15) is 9.59 Å². The quantitative estimate of drug-likeness (QED) is 0.427. The minimum atomic E-state index is -0.566. The molecule has 0 aliphatic rings. The summed E-state index contributed by atoms with van der Waals surface area (Å²) in [5.41, 5.74) is 9.60. The summed E-state index contributed by atoms with van der Waals surface area (Å²) in [6.07, 6.45) is 0. The van der Waals surface area contributed by atoms with Crippen molar-refractivity contribution in [1.29, 1.82) is 0 Å². The Kier molecular flexibility index (Phi) is 6.61. The van der Waals surface area contributed by atoms with E-state index in [-0.39, 0.29) is 34.4 Å². The van der Waals surface area contributed by atoms with Gasteiger partial charge in [0.05, 0.1) is 18.8 Å². The molecule has 0 spiro atoms. The zero-order valence-corrected chi connectivity index (χ0v) is 19.1. The number of carbonyl (C=O) groups is 2. The summed E-state index contributed by atoms with van der Waals surface area (Å²) in [6.45, 7) is 9.71. The Bertz CT molecular complexity index is 1120. The van der Waals surface area contributed by atoms with Crippen LogP contribution >= 0.6 is 23.1 Å². The van der Waals surface area contributed by atoms with Gasteiger partial charge in [-0.2, -0.15) is 4.98 Å². The second-order valence-corrected chi connectivity index (χ2v) is 8.39. The molecular formula is C19H23N5O4S2.